The summed E-state index contributed by atoms with van der Waals surface area (Å²) in [6.07, 6.45) is 0. The molecule has 154 valence electrons. The van der Waals surface area contributed by atoms with Crippen molar-refractivity contribution in [1.29, 1.82) is 0 Å². The van der Waals surface area contributed by atoms with E-state index in [1.165, 1.54) is 22.8 Å². The first-order chi connectivity index (χ1) is 13.0. The zero-order valence-corrected chi connectivity index (χ0v) is 19.4. The SMILES string of the molecule is CC(=Nn1c(C(C)C)ccc1C(C)C)C(C)=Nn1c(C(C)C)ccc1C(C)C. The Morgan fingerprint density at radius 3 is 0.929 bits per heavy atom. The first-order valence-electron chi connectivity index (χ1n) is 10.6. The molecule has 2 aromatic heterocycles. The average Bonchev–Trinajstić information content (AvgIpc) is 3.18. The van der Waals surface area contributed by atoms with E-state index in [-0.39, 0.29) is 0 Å². The molecule has 28 heavy (non-hydrogen) atoms. The first kappa shape index (κ1) is 22.2. The molecule has 0 fully saturated rings. The fourth-order valence-corrected chi connectivity index (χ4v) is 3.35. The van der Waals surface area contributed by atoms with Crippen molar-refractivity contribution in [3.05, 3.63) is 47.0 Å². The lowest BCUT2D eigenvalue weighted by molar-refractivity contribution is 0.662. The molecule has 0 radical (unpaired) electrons. The van der Waals surface area contributed by atoms with Crippen LogP contribution in [0.5, 0.6) is 0 Å². The van der Waals surface area contributed by atoms with Crippen LogP contribution in [0.2, 0.25) is 0 Å². The standard InChI is InChI=1S/C24H38N4/c1-15(2)21-11-12-22(16(3)4)27(21)25-19(9)20(10)26-28-23(17(5)6)13-14-24(28)18(7)8/h11-18H,1-10H3. The Bertz CT molecular complexity index is 734. The third-order valence-corrected chi connectivity index (χ3v) is 5.22. The topological polar surface area (TPSA) is 34.6 Å². The van der Waals surface area contributed by atoms with Gasteiger partial charge in [-0.2, -0.15) is 10.2 Å². The van der Waals surface area contributed by atoms with Crippen molar-refractivity contribution in [3.8, 4) is 0 Å². The van der Waals surface area contributed by atoms with Gasteiger partial charge in [-0.05, 0) is 61.8 Å². The molecule has 0 aromatic carbocycles. The summed E-state index contributed by atoms with van der Waals surface area (Å²) in [5, 5.41) is 9.96. The molecule has 4 nitrogen and oxygen atoms in total. The Balaban J connectivity index is 2.53. The zero-order chi connectivity index (χ0) is 21.2. The molecule has 0 amide bonds. The number of aromatic nitrogens is 2. The summed E-state index contributed by atoms with van der Waals surface area (Å²) in [5.41, 5.74) is 6.84. The second-order valence-electron chi connectivity index (χ2n) is 8.98. The van der Waals surface area contributed by atoms with Gasteiger partial charge in [-0.1, -0.05) is 55.4 Å². The van der Waals surface area contributed by atoms with Gasteiger partial charge in [0.05, 0.1) is 11.4 Å². The third kappa shape index (κ3) is 4.65. The summed E-state index contributed by atoms with van der Waals surface area (Å²) < 4.78 is 4.23. The lowest BCUT2D eigenvalue weighted by Crippen LogP contribution is -2.15. The summed E-state index contributed by atoms with van der Waals surface area (Å²) in [4.78, 5) is 0. The zero-order valence-electron chi connectivity index (χ0n) is 19.4. The Hall–Kier alpha value is -2.10. The van der Waals surface area contributed by atoms with Crippen molar-refractivity contribution < 1.29 is 0 Å². The van der Waals surface area contributed by atoms with E-state index in [0.717, 1.165) is 11.4 Å². The lowest BCUT2D eigenvalue weighted by Gasteiger charge is -2.16. The molecule has 4 heteroatoms. The average molecular weight is 383 g/mol. The minimum Gasteiger partial charge on any atom is -0.241 e. The highest BCUT2D eigenvalue weighted by Gasteiger charge is 2.16. The van der Waals surface area contributed by atoms with Gasteiger partial charge in [-0.25, -0.2) is 9.35 Å². The Morgan fingerprint density at radius 1 is 0.536 bits per heavy atom. The second kappa shape index (κ2) is 8.93. The van der Waals surface area contributed by atoms with Crippen molar-refractivity contribution >= 4 is 11.4 Å². The van der Waals surface area contributed by atoms with Crippen LogP contribution in [0.25, 0.3) is 0 Å². The molecule has 0 N–H and O–H groups in total. The fraction of sp³-hybridized carbons (Fsp3) is 0.583. The normalized spacial score (nSPS) is 13.6. The van der Waals surface area contributed by atoms with Crippen LogP contribution in [-0.2, 0) is 0 Å². The predicted octanol–water partition coefficient (Wildman–Crippen LogP) is 6.93. The van der Waals surface area contributed by atoms with Gasteiger partial charge < -0.3 is 0 Å². The quantitative estimate of drug-likeness (QED) is 0.465. The van der Waals surface area contributed by atoms with Gasteiger partial charge in [0.25, 0.3) is 0 Å². The van der Waals surface area contributed by atoms with Crippen molar-refractivity contribution in [3.63, 3.8) is 0 Å². The maximum atomic E-state index is 4.98. The van der Waals surface area contributed by atoms with Gasteiger partial charge in [0, 0.05) is 22.8 Å². The molecule has 0 bridgehead atoms. The van der Waals surface area contributed by atoms with Crippen molar-refractivity contribution in [2.24, 2.45) is 10.2 Å². The van der Waals surface area contributed by atoms with Crippen LogP contribution in [-0.4, -0.2) is 20.8 Å². The smallest absolute Gasteiger partial charge is 0.0812 e. The van der Waals surface area contributed by atoms with Gasteiger partial charge in [0.2, 0.25) is 0 Å². The van der Waals surface area contributed by atoms with Gasteiger partial charge in [0.15, 0.2) is 0 Å². The molecule has 0 aliphatic rings. The van der Waals surface area contributed by atoms with E-state index in [4.69, 9.17) is 10.2 Å². The summed E-state index contributed by atoms with van der Waals surface area (Å²) in [6.45, 7) is 21.8. The Labute approximate surface area is 171 Å². The molecule has 2 heterocycles. The van der Waals surface area contributed by atoms with E-state index in [1.54, 1.807) is 0 Å². The van der Waals surface area contributed by atoms with E-state index >= 15 is 0 Å². The Kier molecular flexibility index (Phi) is 7.08. The van der Waals surface area contributed by atoms with Crippen LogP contribution >= 0.6 is 0 Å². The largest absolute Gasteiger partial charge is 0.241 e. The fourth-order valence-electron chi connectivity index (χ4n) is 3.35. The van der Waals surface area contributed by atoms with Gasteiger partial charge in [0.1, 0.15) is 0 Å². The van der Waals surface area contributed by atoms with E-state index in [0.29, 0.717) is 23.7 Å². The second-order valence-corrected chi connectivity index (χ2v) is 8.98. The van der Waals surface area contributed by atoms with Crippen LogP contribution < -0.4 is 0 Å². The van der Waals surface area contributed by atoms with Crippen molar-refractivity contribution in [1.82, 2.24) is 9.35 Å². The highest BCUT2D eigenvalue weighted by Crippen LogP contribution is 2.25. The van der Waals surface area contributed by atoms with Crippen LogP contribution in [0.3, 0.4) is 0 Å². The lowest BCUT2D eigenvalue weighted by atomic mass is 10.1. The maximum Gasteiger partial charge on any atom is 0.0812 e. The Morgan fingerprint density at radius 2 is 0.750 bits per heavy atom. The number of rotatable bonds is 7. The van der Waals surface area contributed by atoms with Crippen molar-refractivity contribution in [2.75, 3.05) is 0 Å². The maximum absolute atomic E-state index is 4.98. The molecular weight excluding hydrogens is 344 g/mol. The first-order valence-corrected chi connectivity index (χ1v) is 10.6. The molecule has 0 saturated heterocycles. The highest BCUT2D eigenvalue weighted by molar-refractivity contribution is 6.40. The van der Waals surface area contributed by atoms with Crippen LogP contribution in [0.4, 0.5) is 0 Å². The van der Waals surface area contributed by atoms with Crippen LogP contribution in [0.15, 0.2) is 34.5 Å². The molecule has 2 rings (SSSR count). The summed E-state index contributed by atoms with van der Waals surface area (Å²) in [5.74, 6) is 1.69. The molecule has 2 aromatic rings. The molecule has 0 unspecified atom stereocenters. The van der Waals surface area contributed by atoms with E-state index in [9.17, 15) is 0 Å². The van der Waals surface area contributed by atoms with Gasteiger partial charge in [-0.15, -0.1) is 0 Å². The molecule has 0 spiro atoms. The predicted molar refractivity (Wildman–Crippen MR) is 122 cm³/mol. The van der Waals surface area contributed by atoms with Crippen molar-refractivity contribution in [2.45, 2.75) is 92.9 Å². The molecule has 0 aliphatic heterocycles. The van der Waals surface area contributed by atoms with Gasteiger partial charge in [-0.3, -0.25) is 0 Å². The summed E-state index contributed by atoms with van der Waals surface area (Å²) in [7, 11) is 0. The molecular formula is C24H38N4. The van der Waals surface area contributed by atoms with Crippen LogP contribution in [0.1, 0.15) is 116 Å². The number of hydrogen-bond donors (Lipinski definition) is 0. The van der Waals surface area contributed by atoms with Crippen LogP contribution in [0, 0.1) is 0 Å². The highest BCUT2D eigenvalue weighted by atomic mass is 15.4. The molecule has 0 aliphatic carbocycles. The van der Waals surface area contributed by atoms with Gasteiger partial charge >= 0.3 is 0 Å². The number of nitrogens with zero attached hydrogens (tertiary/aromatic N) is 4. The van der Waals surface area contributed by atoms with E-state index < -0.39 is 0 Å². The van der Waals surface area contributed by atoms with E-state index in [2.05, 4.69) is 103 Å². The summed E-state index contributed by atoms with van der Waals surface area (Å²) in [6, 6.07) is 8.79. The summed E-state index contributed by atoms with van der Waals surface area (Å²) >= 11 is 0. The minimum absolute atomic E-state index is 0.422. The van der Waals surface area contributed by atoms with E-state index in [1.807, 2.05) is 0 Å². The molecule has 0 atom stereocenters. The molecule has 0 saturated carbocycles. The third-order valence-electron chi connectivity index (χ3n) is 5.22. The number of hydrogen-bond acceptors (Lipinski definition) is 2. The monoisotopic (exact) mass is 382 g/mol. The minimum atomic E-state index is 0.422.